The number of pyridine rings is 1. The first-order valence-electron chi connectivity index (χ1n) is 7.30. The number of nitrogens with two attached hydrogens (primary N) is 1. The lowest BCUT2D eigenvalue weighted by Crippen LogP contribution is -2.40. The van der Waals surface area contributed by atoms with E-state index in [4.69, 9.17) is 10.5 Å². The van der Waals surface area contributed by atoms with Gasteiger partial charge < -0.3 is 15.8 Å². The van der Waals surface area contributed by atoms with Gasteiger partial charge in [0.1, 0.15) is 0 Å². The third kappa shape index (κ3) is 4.81. The Morgan fingerprint density at radius 2 is 2.35 bits per heavy atom. The van der Waals surface area contributed by atoms with E-state index in [0.29, 0.717) is 18.8 Å². The summed E-state index contributed by atoms with van der Waals surface area (Å²) in [4.78, 5) is 15.9. The van der Waals surface area contributed by atoms with Crippen LogP contribution >= 0.6 is 0 Å². The highest BCUT2D eigenvalue weighted by Crippen LogP contribution is 2.29. The lowest BCUT2D eigenvalue weighted by Gasteiger charge is -2.11. The second-order valence-electron chi connectivity index (χ2n) is 5.37. The highest BCUT2D eigenvalue weighted by molar-refractivity contribution is 5.81. The summed E-state index contributed by atoms with van der Waals surface area (Å²) >= 11 is 0. The van der Waals surface area contributed by atoms with Crippen molar-refractivity contribution in [2.24, 2.45) is 11.7 Å². The zero-order chi connectivity index (χ0) is 14.4. The molecule has 0 radical (unpaired) electrons. The van der Waals surface area contributed by atoms with Crippen LogP contribution in [0.25, 0.3) is 0 Å². The van der Waals surface area contributed by atoms with Gasteiger partial charge in [0.05, 0.1) is 12.6 Å². The molecule has 1 aromatic heterocycles. The molecule has 1 aliphatic rings. The molecule has 2 rings (SSSR count). The summed E-state index contributed by atoms with van der Waals surface area (Å²) in [6.45, 7) is 3.22. The average molecular weight is 277 g/mol. The van der Waals surface area contributed by atoms with E-state index in [1.54, 1.807) is 6.20 Å². The van der Waals surface area contributed by atoms with Crippen molar-refractivity contribution in [1.82, 2.24) is 10.3 Å². The molecule has 20 heavy (non-hydrogen) atoms. The minimum Gasteiger partial charge on any atom is -0.477 e. The van der Waals surface area contributed by atoms with Crippen LogP contribution in [0.5, 0.6) is 5.88 Å². The van der Waals surface area contributed by atoms with Crippen molar-refractivity contribution < 1.29 is 9.53 Å². The largest absolute Gasteiger partial charge is 0.477 e. The molecule has 0 aliphatic heterocycles. The van der Waals surface area contributed by atoms with E-state index >= 15 is 0 Å². The standard InChI is InChI=1S/C15H23N3O2/c1-2-3-13(16)15(19)18-9-12-6-7-14(17-8-12)20-10-11-4-5-11/h6-8,11,13H,2-5,9-10,16H2,1H3,(H,18,19). The van der Waals surface area contributed by atoms with Crippen molar-refractivity contribution in [3.8, 4) is 5.88 Å². The molecule has 5 nitrogen and oxygen atoms in total. The first kappa shape index (κ1) is 14.8. The fourth-order valence-electron chi connectivity index (χ4n) is 1.85. The van der Waals surface area contributed by atoms with Crippen LogP contribution in [0.2, 0.25) is 0 Å². The van der Waals surface area contributed by atoms with Crippen molar-refractivity contribution in [2.45, 2.75) is 45.2 Å². The summed E-state index contributed by atoms with van der Waals surface area (Å²) in [6.07, 6.45) is 5.87. The third-order valence-corrected chi connectivity index (χ3v) is 3.36. The molecule has 1 fully saturated rings. The Morgan fingerprint density at radius 1 is 1.55 bits per heavy atom. The van der Waals surface area contributed by atoms with Crippen LogP contribution in [0, 0.1) is 5.92 Å². The van der Waals surface area contributed by atoms with Gasteiger partial charge in [-0.05, 0) is 30.7 Å². The first-order valence-corrected chi connectivity index (χ1v) is 7.30. The van der Waals surface area contributed by atoms with Crippen LogP contribution in [0.15, 0.2) is 18.3 Å². The topological polar surface area (TPSA) is 77.2 Å². The molecule has 0 aromatic carbocycles. The third-order valence-electron chi connectivity index (χ3n) is 3.36. The molecule has 0 bridgehead atoms. The molecule has 5 heteroatoms. The van der Waals surface area contributed by atoms with E-state index in [2.05, 4.69) is 10.3 Å². The summed E-state index contributed by atoms with van der Waals surface area (Å²) in [7, 11) is 0. The highest BCUT2D eigenvalue weighted by Gasteiger charge is 2.22. The summed E-state index contributed by atoms with van der Waals surface area (Å²) in [6, 6.07) is 3.34. The molecule has 1 aliphatic carbocycles. The van der Waals surface area contributed by atoms with Gasteiger partial charge in [0.15, 0.2) is 0 Å². The fourth-order valence-corrected chi connectivity index (χ4v) is 1.85. The van der Waals surface area contributed by atoms with E-state index in [-0.39, 0.29) is 5.91 Å². The minimum atomic E-state index is -0.422. The average Bonchev–Trinajstić information content (AvgIpc) is 3.28. The Hall–Kier alpha value is -1.62. The van der Waals surface area contributed by atoms with Gasteiger partial charge in [-0.15, -0.1) is 0 Å². The lowest BCUT2D eigenvalue weighted by atomic mass is 10.1. The Bertz CT molecular complexity index is 429. The molecular weight excluding hydrogens is 254 g/mol. The van der Waals surface area contributed by atoms with Crippen molar-refractivity contribution in [3.05, 3.63) is 23.9 Å². The molecular formula is C15H23N3O2. The number of amides is 1. The minimum absolute atomic E-state index is 0.110. The summed E-state index contributed by atoms with van der Waals surface area (Å²) < 4.78 is 5.56. The number of ether oxygens (including phenoxy) is 1. The van der Waals surface area contributed by atoms with Gasteiger partial charge in [-0.1, -0.05) is 19.4 Å². The van der Waals surface area contributed by atoms with Gasteiger partial charge in [-0.3, -0.25) is 4.79 Å². The van der Waals surface area contributed by atoms with Crippen molar-refractivity contribution in [1.29, 1.82) is 0 Å². The van der Waals surface area contributed by atoms with Gasteiger partial charge >= 0.3 is 0 Å². The number of carbonyl (C=O) groups excluding carboxylic acids is 1. The summed E-state index contributed by atoms with van der Waals surface area (Å²) in [5, 5.41) is 2.82. The smallest absolute Gasteiger partial charge is 0.237 e. The van der Waals surface area contributed by atoms with Crippen LogP contribution in [-0.2, 0) is 11.3 Å². The molecule has 1 atom stereocenters. The van der Waals surface area contributed by atoms with Crippen molar-refractivity contribution in [2.75, 3.05) is 6.61 Å². The fraction of sp³-hybridized carbons (Fsp3) is 0.600. The van der Waals surface area contributed by atoms with E-state index < -0.39 is 6.04 Å². The monoisotopic (exact) mass is 277 g/mol. The van der Waals surface area contributed by atoms with Gasteiger partial charge in [-0.2, -0.15) is 0 Å². The lowest BCUT2D eigenvalue weighted by molar-refractivity contribution is -0.122. The van der Waals surface area contributed by atoms with E-state index in [1.807, 2.05) is 19.1 Å². The van der Waals surface area contributed by atoms with Crippen LogP contribution in [0.1, 0.15) is 38.2 Å². The molecule has 0 spiro atoms. The first-order chi connectivity index (χ1) is 9.69. The predicted molar refractivity (Wildman–Crippen MR) is 77.2 cm³/mol. The quantitative estimate of drug-likeness (QED) is 0.757. The zero-order valence-electron chi connectivity index (χ0n) is 12.0. The van der Waals surface area contributed by atoms with Crippen molar-refractivity contribution >= 4 is 5.91 Å². The van der Waals surface area contributed by atoms with Gasteiger partial charge in [0.25, 0.3) is 0 Å². The number of nitrogens with zero attached hydrogens (tertiary/aromatic N) is 1. The molecule has 1 unspecified atom stereocenters. The predicted octanol–water partition coefficient (Wildman–Crippen LogP) is 1.61. The maximum absolute atomic E-state index is 11.7. The van der Waals surface area contributed by atoms with E-state index in [0.717, 1.165) is 24.5 Å². The SMILES string of the molecule is CCCC(N)C(=O)NCc1ccc(OCC2CC2)nc1. The number of hydrogen-bond donors (Lipinski definition) is 2. The Balaban J connectivity index is 1.73. The maximum atomic E-state index is 11.7. The molecule has 1 saturated carbocycles. The van der Waals surface area contributed by atoms with Gasteiger partial charge in [0, 0.05) is 18.8 Å². The van der Waals surface area contributed by atoms with Crippen molar-refractivity contribution in [3.63, 3.8) is 0 Å². The molecule has 1 heterocycles. The Kier molecular flexibility index (Phi) is 5.35. The number of hydrogen-bond acceptors (Lipinski definition) is 4. The van der Waals surface area contributed by atoms with E-state index in [9.17, 15) is 4.79 Å². The van der Waals surface area contributed by atoms with Gasteiger partial charge in [0.2, 0.25) is 11.8 Å². The van der Waals surface area contributed by atoms with Crippen LogP contribution < -0.4 is 15.8 Å². The molecule has 3 N–H and O–H groups in total. The van der Waals surface area contributed by atoms with Crippen LogP contribution in [-0.4, -0.2) is 23.5 Å². The Labute approximate surface area is 119 Å². The molecule has 1 amide bonds. The second kappa shape index (κ2) is 7.24. The number of aromatic nitrogens is 1. The molecule has 1 aromatic rings. The van der Waals surface area contributed by atoms with Crippen LogP contribution in [0.4, 0.5) is 0 Å². The van der Waals surface area contributed by atoms with Gasteiger partial charge in [-0.25, -0.2) is 4.98 Å². The number of nitrogens with one attached hydrogen (secondary N) is 1. The molecule has 110 valence electrons. The number of rotatable bonds is 8. The molecule has 0 saturated heterocycles. The summed E-state index contributed by atoms with van der Waals surface area (Å²) in [5.74, 6) is 1.26. The summed E-state index contributed by atoms with van der Waals surface area (Å²) in [5.41, 5.74) is 6.69. The second-order valence-corrected chi connectivity index (χ2v) is 5.37. The van der Waals surface area contributed by atoms with E-state index in [1.165, 1.54) is 12.8 Å². The normalized spacial score (nSPS) is 15.7. The zero-order valence-corrected chi connectivity index (χ0v) is 12.0. The number of carbonyl (C=O) groups is 1. The van der Waals surface area contributed by atoms with Crippen LogP contribution in [0.3, 0.4) is 0 Å². The maximum Gasteiger partial charge on any atom is 0.237 e. The Morgan fingerprint density at radius 3 is 2.95 bits per heavy atom. The highest BCUT2D eigenvalue weighted by atomic mass is 16.5.